The number of carbonyl (C=O) groups is 3. The van der Waals surface area contributed by atoms with Crippen molar-refractivity contribution in [2.45, 2.75) is 19.9 Å². The normalized spacial score (nSPS) is 10.5. The fraction of sp³-hybridized carbons (Fsp3) is 0.462. The molecule has 1 N–H and O–H groups in total. The van der Waals surface area contributed by atoms with Crippen LogP contribution in [0.3, 0.4) is 0 Å². The number of nitrogens with zero attached hydrogens (tertiary/aromatic N) is 2. The van der Waals surface area contributed by atoms with E-state index < -0.39 is 5.97 Å². The standard InChI is InChI=1S/C13H17BrN2O4S/c1-8(2)16(7-12(18)19)11(17)6-15(3)13(20)9-4-5-10(14)21-9/h4-5,8H,6-7H2,1-3H3,(H,18,19). The Morgan fingerprint density at radius 1 is 1.29 bits per heavy atom. The summed E-state index contributed by atoms with van der Waals surface area (Å²) in [7, 11) is 1.52. The van der Waals surface area contributed by atoms with E-state index in [0.717, 1.165) is 3.79 Å². The highest BCUT2D eigenvalue weighted by Gasteiger charge is 2.23. The first-order valence-corrected chi connectivity index (χ1v) is 7.85. The number of hydrogen-bond donors (Lipinski definition) is 1. The number of hydrogen-bond acceptors (Lipinski definition) is 4. The zero-order valence-electron chi connectivity index (χ0n) is 12.0. The number of thiophene rings is 1. The van der Waals surface area contributed by atoms with Crippen molar-refractivity contribution in [3.8, 4) is 0 Å². The first kappa shape index (κ1) is 17.6. The van der Waals surface area contributed by atoms with Crippen LogP contribution < -0.4 is 0 Å². The lowest BCUT2D eigenvalue weighted by Gasteiger charge is -2.27. The minimum absolute atomic E-state index is 0.153. The molecule has 8 heteroatoms. The van der Waals surface area contributed by atoms with E-state index in [1.54, 1.807) is 26.0 Å². The second kappa shape index (κ2) is 7.56. The minimum atomic E-state index is -1.08. The monoisotopic (exact) mass is 376 g/mol. The Bertz CT molecular complexity index is 544. The summed E-state index contributed by atoms with van der Waals surface area (Å²) in [5, 5.41) is 8.83. The third-order valence-corrected chi connectivity index (χ3v) is 4.36. The molecule has 0 atom stereocenters. The molecule has 0 saturated carbocycles. The molecule has 1 rings (SSSR count). The van der Waals surface area contributed by atoms with Gasteiger partial charge in [-0.15, -0.1) is 11.3 Å². The maximum Gasteiger partial charge on any atom is 0.323 e. The van der Waals surface area contributed by atoms with Crippen LogP contribution in [0.5, 0.6) is 0 Å². The molecule has 6 nitrogen and oxygen atoms in total. The molecule has 2 amide bonds. The highest BCUT2D eigenvalue weighted by Crippen LogP contribution is 2.23. The lowest BCUT2D eigenvalue weighted by atomic mass is 10.3. The van der Waals surface area contributed by atoms with Gasteiger partial charge in [-0.2, -0.15) is 0 Å². The third-order valence-electron chi connectivity index (χ3n) is 2.75. The Labute approximate surface area is 135 Å². The van der Waals surface area contributed by atoms with Gasteiger partial charge < -0.3 is 14.9 Å². The van der Waals surface area contributed by atoms with Crippen molar-refractivity contribution in [2.24, 2.45) is 0 Å². The molecule has 1 aromatic rings. The molecule has 0 bridgehead atoms. The second-order valence-electron chi connectivity index (χ2n) is 4.77. The molecule has 1 aromatic heterocycles. The van der Waals surface area contributed by atoms with Gasteiger partial charge in [0.25, 0.3) is 5.91 Å². The van der Waals surface area contributed by atoms with Crippen LogP contribution in [0.4, 0.5) is 0 Å². The van der Waals surface area contributed by atoms with E-state index in [0.29, 0.717) is 4.88 Å². The van der Waals surface area contributed by atoms with Crippen molar-refractivity contribution in [3.05, 3.63) is 20.8 Å². The third kappa shape index (κ3) is 5.13. The fourth-order valence-corrected chi connectivity index (χ4v) is 3.07. The molecule has 0 unspecified atom stereocenters. The van der Waals surface area contributed by atoms with Gasteiger partial charge in [-0.3, -0.25) is 14.4 Å². The Balaban J connectivity index is 2.71. The summed E-state index contributed by atoms with van der Waals surface area (Å²) in [6, 6.07) is 3.20. The van der Waals surface area contributed by atoms with Crippen molar-refractivity contribution in [3.63, 3.8) is 0 Å². The van der Waals surface area contributed by atoms with E-state index in [-0.39, 0.29) is 30.9 Å². The molecular weight excluding hydrogens is 360 g/mol. The van der Waals surface area contributed by atoms with Crippen LogP contribution in [0.2, 0.25) is 0 Å². The van der Waals surface area contributed by atoms with E-state index >= 15 is 0 Å². The Morgan fingerprint density at radius 3 is 2.33 bits per heavy atom. The van der Waals surface area contributed by atoms with Crippen LogP contribution in [0, 0.1) is 0 Å². The van der Waals surface area contributed by atoms with Crippen LogP contribution in [0.25, 0.3) is 0 Å². The summed E-state index contributed by atoms with van der Waals surface area (Å²) in [6.07, 6.45) is 0. The Kier molecular flexibility index (Phi) is 6.35. The van der Waals surface area contributed by atoms with Gasteiger partial charge in [0, 0.05) is 13.1 Å². The summed E-state index contributed by atoms with van der Waals surface area (Å²) in [4.78, 5) is 38.1. The molecule has 0 fully saturated rings. The Morgan fingerprint density at radius 2 is 1.90 bits per heavy atom. The van der Waals surface area contributed by atoms with Gasteiger partial charge in [-0.05, 0) is 41.9 Å². The van der Waals surface area contributed by atoms with Crippen LogP contribution in [0.1, 0.15) is 23.5 Å². The number of carbonyl (C=O) groups excluding carboxylic acids is 2. The lowest BCUT2D eigenvalue weighted by Crippen LogP contribution is -2.46. The smallest absolute Gasteiger partial charge is 0.323 e. The summed E-state index contributed by atoms with van der Waals surface area (Å²) < 4.78 is 0.834. The quantitative estimate of drug-likeness (QED) is 0.822. The number of likely N-dealkylation sites (N-methyl/N-ethyl adjacent to an activating group) is 1. The summed E-state index contributed by atoms with van der Waals surface area (Å²) in [5.74, 6) is -1.73. The maximum atomic E-state index is 12.1. The van der Waals surface area contributed by atoms with Gasteiger partial charge in [0.15, 0.2) is 0 Å². The van der Waals surface area contributed by atoms with E-state index in [2.05, 4.69) is 15.9 Å². The number of amides is 2. The molecule has 1 heterocycles. The SMILES string of the molecule is CC(C)N(CC(=O)O)C(=O)CN(C)C(=O)c1ccc(Br)s1. The van der Waals surface area contributed by atoms with E-state index in [4.69, 9.17) is 5.11 Å². The van der Waals surface area contributed by atoms with Crippen LogP contribution in [-0.2, 0) is 9.59 Å². The van der Waals surface area contributed by atoms with Gasteiger partial charge >= 0.3 is 5.97 Å². The van der Waals surface area contributed by atoms with Gasteiger partial charge in [0.05, 0.1) is 15.2 Å². The maximum absolute atomic E-state index is 12.1. The first-order valence-electron chi connectivity index (χ1n) is 6.24. The average Bonchev–Trinajstić information content (AvgIpc) is 2.80. The van der Waals surface area contributed by atoms with Crippen LogP contribution in [0.15, 0.2) is 15.9 Å². The predicted molar refractivity (Wildman–Crippen MR) is 83.5 cm³/mol. The number of carboxylic acids is 1. The van der Waals surface area contributed by atoms with E-state index in [1.165, 1.54) is 28.2 Å². The average molecular weight is 377 g/mol. The van der Waals surface area contributed by atoms with Crippen LogP contribution in [-0.4, -0.2) is 58.9 Å². The molecule has 0 aromatic carbocycles. The number of carboxylic acid groups (broad SMARTS) is 1. The molecule has 21 heavy (non-hydrogen) atoms. The minimum Gasteiger partial charge on any atom is -0.480 e. The zero-order valence-corrected chi connectivity index (χ0v) is 14.4. The van der Waals surface area contributed by atoms with E-state index in [1.807, 2.05) is 0 Å². The predicted octanol–water partition coefficient (Wildman–Crippen LogP) is 1.90. The Hall–Kier alpha value is -1.41. The molecule has 116 valence electrons. The van der Waals surface area contributed by atoms with Crippen molar-refractivity contribution in [2.75, 3.05) is 20.1 Å². The van der Waals surface area contributed by atoms with Crippen molar-refractivity contribution < 1.29 is 19.5 Å². The van der Waals surface area contributed by atoms with Crippen molar-refractivity contribution in [1.82, 2.24) is 9.80 Å². The molecule has 0 spiro atoms. The first-order chi connectivity index (χ1) is 9.72. The highest BCUT2D eigenvalue weighted by atomic mass is 79.9. The molecule has 0 radical (unpaired) electrons. The molecule has 0 aliphatic rings. The molecule has 0 aliphatic carbocycles. The number of rotatable bonds is 6. The topological polar surface area (TPSA) is 77.9 Å². The van der Waals surface area contributed by atoms with Crippen molar-refractivity contribution in [1.29, 1.82) is 0 Å². The second-order valence-corrected chi connectivity index (χ2v) is 7.24. The lowest BCUT2D eigenvalue weighted by molar-refractivity contribution is -0.145. The van der Waals surface area contributed by atoms with Gasteiger partial charge in [-0.1, -0.05) is 0 Å². The number of aliphatic carboxylic acids is 1. The van der Waals surface area contributed by atoms with Crippen LogP contribution >= 0.6 is 27.3 Å². The highest BCUT2D eigenvalue weighted by molar-refractivity contribution is 9.11. The largest absolute Gasteiger partial charge is 0.480 e. The van der Waals surface area contributed by atoms with Gasteiger partial charge in [-0.25, -0.2) is 0 Å². The van der Waals surface area contributed by atoms with Gasteiger partial charge in [0.2, 0.25) is 5.91 Å². The van der Waals surface area contributed by atoms with Gasteiger partial charge in [0.1, 0.15) is 6.54 Å². The van der Waals surface area contributed by atoms with E-state index in [9.17, 15) is 14.4 Å². The molecular formula is C13H17BrN2O4S. The summed E-state index contributed by atoms with van der Waals surface area (Å²) in [5.41, 5.74) is 0. The fourth-order valence-electron chi connectivity index (χ4n) is 1.69. The molecule has 0 aliphatic heterocycles. The molecule has 0 saturated heterocycles. The summed E-state index contributed by atoms with van der Waals surface area (Å²) >= 11 is 4.56. The zero-order chi connectivity index (χ0) is 16.2. The van der Waals surface area contributed by atoms with Crippen molar-refractivity contribution >= 4 is 45.1 Å². The summed E-state index contributed by atoms with van der Waals surface area (Å²) in [6.45, 7) is 2.95. The number of halogens is 1.